The third-order valence-corrected chi connectivity index (χ3v) is 2.14. The second kappa shape index (κ2) is 6.02. The van der Waals surface area contributed by atoms with Gasteiger partial charge >= 0.3 is 0 Å². The number of carbonyl (C=O) groups is 1. The van der Waals surface area contributed by atoms with Crippen LogP contribution in [0.4, 0.5) is 5.95 Å². The molecule has 0 aliphatic carbocycles. The fraction of sp³-hybridized carbons (Fsp3) is 0.0909. The lowest BCUT2D eigenvalue weighted by Crippen LogP contribution is -2.24. The summed E-state index contributed by atoms with van der Waals surface area (Å²) in [5.74, 6) is 0.436. The first kappa shape index (κ1) is 12.4. The third-order valence-electron chi connectivity index (χ3n) is 2.14. The summed E-state index contributed by atoms with van der Waals surface area (Å²) in [5.41, 5.74) is -0.0806. The van der Waals surface area contributed by atoms with Gasteiger partial charge in [-0.3, -0.25) is 4.79 Å². The molecule has 0 aromatic carbocycles. The molecule has 0 atom stereocenters. The molecule has 96 valence electrons. The van der Waals surface area contributed by atoms with Crippen molar-refractivity contribution >= 4 is 11.9 Å². The van der Waals surface area contributed by atoms with Gasteiger partial charge in [0.05, 0.1) is 12.8 Å². The number of hydrogen-bond donors (Lipinski definition) is 3. The minimum absolute atomic E-state index is 0.0806. The molecule has 2 rings (SSSR count). The zero-order valence-electron chi connectivity index (χ0n) is 9.75. The van der Waals surface area contributed by atoms with Crippen LogP contribution in [-0.4, -0.2) is 21.1 Å². The smallest absolute Gasteiger partial charge is 0.263 e. The van der Waals surface area contributed by atoms with Crippen molar-refractivity contribution in [2.24, 2.45) is 0 Å². The molecule has 0 bridgehead atoms. The zero-order valence-corrected chi connectivity index (χ0v) is 9.75. The highest BCUT2D eigenvalue weighted by Crippen LogP contribution is 2.01. The fourth-order valence-corrected chi connectivity index (χ4v) is 1.24. The number of nitrogens with one attached hydrogen (secondary N) is 3. The van der Waals surface area contributed by atoms with E-state index in [1.54, 1.807) is 18.2 Å². The third kappa shape index (κ3) is 3.44. The molecule has 8 heteroatoms. The van der Waals surface area contributed by atoms with Crippen LogP contribution in [0.3, 0.4) is 0 Å². The SMILES string of the molecule is N#C/C(=C/Nc1ncn[nH]1)C(=O)NCc1ccco1. The average Bonchev–Trinajstić information content (AvgIpc) is 3.10. The van der Waals surface area contributed by atoms with Crippen LogP contribution >= 0.6 is 0 Å². The van der Waals surface area contributed by atoms with Gasteiger partial charge in [0.2, 0.25) is 5.95 Å². The molecule has 2 aromatic rings. The zero-order chi connectivity index (χ0) is 13.5. The molecule has 1 amide bonds. The maximum Gasteiger partial charge on any atom is 0.263 e. The number of H-pyrrole nitrogens is 1. The van der Waals surface area contributed by atoms with Crippen molar-refractivity contribution in [3.8, 4) is 6.07 Å². The van der Waals surface area contributed by atoms with Crippen molar-refractivity contribution < 1.29 is 9.21 Å². The van der Waals surface area contributed by atoms with E-state index in [0.29, 0.717) is 11.7 Å². The van der Waals surface area contributed by atoms with E-state index in [9.17, 15) is 4.79 Å². The normalized spacial score (nSPS) is 10.8. The Balaban J connectivity index is 1.91. The molecular weight excluding hydrogens is 248 g/mol. The van der Waals surface area contributed by atoms with Crippen LogP contribution in [0.5, 0.6) is 0 Å². The largest absolute Gasteiger partial charge is 0.467 e. The van der Waals surface area contributed by atoms with E-state index < -0.39 is 5.91 Å². The fourth-order valence-electron chi connectivity index (χ4n) is 1.24. The molecule has 0 aliphatic heterocycles. The van der Waals surface area contributed by atoms with Gasteiger partial charge in [0.15, 0.2) is 0 Å². The van der Waals surface area contributed by atoms with Gasteiger partial charge in [-0.25, -0.2) is 5.10 Å². The number of furan rings is 1. The highest BCUT2D eigenvalue weighted by Gasteiger charge is 2.09. The number of nitrogens with zero attached hydrogens (tertiary/aromatic N) is 3. The van der Waals surface area contributed by atoms with Crippen LogP contribution in [0.1, 0.15) is 5.76 Å². The topological polar surface area (TPSA) is 120 Å². The number of aromatic amines is 1. The summed E-state index contributed by atoms with van der Waals surface area (Å²) in [4.78, 5) is 15.5. The van der Waals surface area contributed by atoms with Gasteiger partial charge in [-0.2, -0.15) is 15.3 Å². The molecule has 0 spiro atoms. The van der Waals surface area contributed by atoms with Crippen molar-refractivity contribution in [3.63, 3.8) is 0 Å². The van der Waals surface area contributed by atoms with Gasteiger partial charge < -0.3 is 15.1 Å². The molecule has 0 aliphatic rings. The second-order valence-corrected chi connectivity index (χ2v) is 3.41. The van der Waals surface area contributed by atoms with Crippen LogP contribution < -0.4 is 10.6 Å². The minimum atomic E-state index is -0.508. The molecule has 0 unspecified atom stereocenters. The minimum Gasteiger partial charge on any atom is -0.467 e. The van der Waals surface area contributed by atoms with Crippen LogP contribution in [0.25, 0.3) is 0 Å². The second-order valence-electron chi connectivity index (χ2n) is 3.41. The van der Waals surface area contributed by atoms with E-state index in [-0.39, 0.29) is 12.1 Å². The molecule has 0 radical (unpaired) electrons. The molecule has 2 aromatic heterocycles. The van der Waals surface area contributed by atoms with Crippen LogP contribution in [0, 0.1) is 11.3 Å². The highest BCUT2D eigenvalue weighted by molar-refractivity contribution is 5.97. The Morgan fingerprint density at radius 1 is 1.63 bits per heavy atom. The number of amides is 1. The van der Waals surface area contributed by atoms with Crippen LogP contribution in [-0.2, 0) is 11.3 Å². The van der Waals surface area contributed by atoms with Gasteiger partial charge in [-0.15, -0.1) is 0 Å². The Morgan fingerprint density at radius 3 is 3.16 bits per heavy atom. The van der Waals surface area contributed by atoms with Crippen molar-refractivity contribution in [3.05, 3.63) is 42.3 Å². The first-order valence-electron chi connectivity index (χ1n) is 5.32. The molecule has 0 fully saturated rings. The predicted octanol–water partition coefficient (Wildman–Crippen LogP) is 0.533. The molecule has 3 N–H and O–H groups in total. The van der Waals surface area contributed by atoms with Crippen molar-refractivity contribution in [2.75, 3.05) is 5.32 Å². The van der Waals surface area contributed by atoms with E-state index in [1.807, 2.05) is 0 Å². The maximum absolute atomic E-state index is 11.7. The first-order valence-corrected chi connectivity index (χ1v) is 5.32. The van der Waals surface area contributed by atoms with E-state index in [2.05, 4.69) is 25.8 Å². The maximum atomic E-state index is 11.7. The summed E-state index contributed by atoms with van der Waals surface area (Å²) in [7, 11) is 0. The number of aromatic nitrogens is 3. The first-order chi connectivity index (χ1) is 9.29. The number of carbonyl (C=O) groups excluding carboxylic acids is 1. The lowest BCUT2D eigenvalue weighted by atomic mass is 10.3. The summed E-state index contributed by atoms with van der Waals surface area (Å²) in [6.07, 6.45) is 4.06. The Morgan fingerprint density at radius 2 is 2.53 bits per heavy atom. The summed E-state index contributed by atoms with van der Waals surface area (Å²) < 4.78 is 5.06. The Bertz CT molecular complexity index is 594. The highest BCUT2D eigenvalue weighted by atomic mass is 16.3. The number of anilines is 1. The summed E-state index contributed by atoms with van der Waals surface area (Å²) >= 11 is 0. The van der Waals surface area contributed by atoms with E-state index in [4.69, 9.17) is 9.68 Å². The monoisotopic (exact) mass is 258 g/mol. The van der Waals surface area contributed by atoms with Crippen LogP contribution in [0.2, 0.25) is 0 Å². The Kier molecular flexibility index (Phi) is 3.92. The average molecular weight is 258 g/mol. The quantitative estimate of drug-likeness (QED) is 0.531. The molecule has 0 saturated carbocycles. The van der Waals surface area contributed by atoms with Crippen molar-refractivity contribution in [1.29, 1.82) is 5.26 Å². The molecule has 2 heterocycles. The summed E-state index contributed by atoms with van der Waals surface area (Å²) in [5, 5.41) is 20.3. The van der Waals surface area contributed by atoms with Crippen molar-refractivity contribution in [2.45, 2.75) is 6.54 Å². The van der Waals surface area contributed by atoms with Gasteiger partial charge in [-0.05, 0) is 12.1 Å². The number of rotatable bonds is 5. The Labute approximate surface area is 108 Å². The summed E-state index contributed by atoms with van der Waals surface area (Å²) in [6, 6.07) is 5.23. The molecular formula is C11H10N6O2. The standard InChI is InChI=1S/C11H10N6O2/c12-4-8(5-14-11-15-7-16-17-11)10(18)13-6-9-2-1-3-19-9/h1-3,5,7H,6H2,(H,13,18)(H2,14,15,16,17)/b8-5-. The number of nitriles is 1. The Hall–Kier alpha value is -3.08. The predicted molar refractivity (Wildman–Crippen MR) is 64.3 cm³/mol. The van der Waals surface area contributed by atoms with Gasteiger partial charge in [0, 0.05) is 6.20 Å². The van der Waals surface area contributed by atoms with Gasteiger partial charge in [-0.1, -0.05) is 0 Å². The molecule has 0 saturated heterocycles. The summed E-state index contributed by atoms with van der Waals surface area (Å²) in [6.45, 7) is 0.215. The van der Waals surface area contributed by atoms with E-state index >= 15 is 0 Å². The number of hydrogen-bond acceptors (Lipinski definition) is 6. The van der Waals surface area contributed by atoms with E-state index in [1.165, 1.54) is 18.8 Å². The molecule has 8 nitrogen and oxygen atoms in total. The van der Waals surface area contributed by atoms with E-state index in [0.717, 1.165) is 0 Å². The van der Waals surface area contributed by atoms with Crippen LogP contribution in [0.15, 0.2) is 40.9 Å². The lowest BCUT2D eigenvalue weighted by molar-refractivity contribution is -0.117. The molecule has 19 heavy (non-hydrogen) atoms. The van der Waals surface area contributed by atoms with Gasteiger partial charge in [0.25, 0.3) is 5.91 Å². The van der Waals surface area contributed by atoms with Gasteiger partial charge in [0.1, 0.15) is 23.7 Å². The lowest BCUT2D eigenvalue weighted by Gasteiger charge is -2.01. The van der Waals surface area contributed by atoms with Crippen molar-refractivity contribution in [1.82, 2.24) is 20.5 Å².